The molecule has 170 valence electrons. The lowest BCUT2D eigenvalue weighted by molar-refractivity contribution is 0.00451. The van der Waals surface area contributed by atoms with Crippen LogP contribution in [0.4, 0.5) is 0 Å². The zero-order valence-electron chi connectivity index (χ0n) is 20.1. The van der Waals surface area contributed by atoms with Gasteiger partial charge in [0.25, 0.3) is 0 Å². The lowest BCUT2D eigenvalue weighted by Gasteiger charge is -2.38. The molecule has 1 heterocycles. The van der Waals surface area contributed by atoms with Gasteiger partial charge in [0, 0.05) is 23.5 Å². The fourth-order valence-corrected chi connectivity index (χ4v) is 4.84. The van der Waals surface area contributed by atoms with Crippen molar-refractivity contribution in [3.05, 3.63) is 113 Å². The summed E-state index contributed by atoms with van der Waals surface area (Å²) in [6.07, 6.45) is 1.58. The van der Waals surface area contributed by atoms with Crippen molar-refractivity contribution < 1.29 is 5.11 Å². The number of aromatic nitrogens is 1. The molecular weight excluding hydrogens is 404 g/mol. The van der Waals surface area contributed by atoms with Crippen molar-refractivity contribution in [2.24, 2.45) is 0 Å². The number of benzene rings is 3. The van der Waals surface area contributed by atoms with Gasteiger partial charge < -0.3 is 10.0 Å². The predicted octanol–water partition coefficient (Wildman–Crippen LogP) is 6.08. The van der Waals surface area contributed by atoms with Crippen molar-refractivity contribution in [3.8, 4) is 0 Å². The van der Waals surface area contributed by atoms with Crippen LogP contribution in [0.1, 0.15) is 47.2 Å². The van der Waals surface area contributed by atoms with Gasteiger partial charge in [-0.05, 0) is 74.3 Å². The molecule has 33 heavy (non-hydrogen) atoms. The van der Waals surface area contributed by atoms with Gasteiger partial charge in [-0.3, -0.25) is 4.98 Å². The summed E-state index contributed by atoms with van der Waals surface area (Å²) >= 11 is 0. The zero-order chi connectivity index (χ0) is 23.4. The molecule has 0 bridgehead atoms. The standard InChI is InChI=1S/C30H34N2O/c1-5-23-20-26-21-25(16-17-28(26)31-22(23)2)29(24-12-8-6-9-13-24)30(33,18-19-32(3)4)27-14-10-7-11-15-27/h6-17,20-21,29,33H,5,18-19H2,1-4H3/t29-,30+/m0/s1. The van der Waals surface area contributed by atoms with Crippen molar-refractivity contribution in [1.82, 2.24) is 9.88 Å². The molecule has 3 aromatic carbocycles. The molecule has 0 saturated carbocycles. The first-order valence-electron chi connectivity index (χ1n) is 11.8. The minimum Gasteiger partial charge on any atom is -0.384 e. The lowest BCUT2D eigenvalue weighted by Crippen LogP contribution is -2.37. The van der Waals surface area contributed by atoms with E-state index in [1.165, 1.54) is 5.56 Å². The molecule has 0 aliphatic rings. The van der Waals surface area contributed by atoms with E-state index in [1.807, 2.05) is 36.4 Å². The molecule has 0 aliphatic carbocycles. The Hall–Kier alpha value is -3.01. The average Bonchev–Trinajstić information content (AvgIpc) is 2.84. The molecule has 2 atom stereocenters. The van der Waals surface area contributed by atoms with E-state index in [9.17, 15) is 5.11 Å². The van der Waals surface area contributed by atoms with E-state index in [2.05, 4.69) is 81.4 Å². The van der Waals surface area contributed by atoms with Gasteiger partial charge in [-0.25, -0.2) is 0 Å². The molecule has 0 fully saturated rings. The fraction of sp³-hybridized carbons (Fsp3) is 0.300. The molecule has 0 saturated heterocycles. The zero-order valence-corrected chi connectivity index (χ0v) is 20.1. The predicted molar refractivity (Wildman–Crippen MR) is 138 cm³/mol. The summed E-state index contributed by atoms with van der Waals surface area (Å²) in [6, 6.07) is 29.2. The van der Waals surface area contributed by atoms with E-state index < -0.39 is 5.60 Å². The number of hydrogen-bond acceptors (Lipinski definition) is 3. The summed E-state index contributed by atoms with van der Waals surface area (Å²) in [5, 5.41) is 13.6. The normalized spacial score (nSPS) is 14.4. The second-order valence-corrected chi connectivity index (χ2v) is 9.23. The number of rotatable bonds is 8. The molecule has 3 nitrogen and oxygen atoms in total. The highest BCUT2D eigenvalue weighted by Gasteiger charge is 2.40. The number of hydrogen-bond donors (Lipinski definition) is 1. The maximum atomic E-state index is 12.5. The van der Waals surface area contributed by atoms with Gasteiger partial charge in [-0.2, -0.15) is 0 Å². The van der Waals surface area contributed by atoms with Crippen molar-refractivity contribution in [3.63, 3.8) is 0 Å². The van der Waals surface area contributed by atoms with Gasteiger partial charge in [0.05, 0.1) is 5.52 Å². The third-order valence-corrected chi connectivity index (χ3v) is 6.67. The number of fused-ring (bicyclic) bond motifs is 1. The van der Waals surface area contributed by atoms with E-state index in [0.29, 0.717) is 6.42 Å². The topological polar surface area (TPSA) is 36.4 Å². The van der Waals surface area contributed by atoms with Gasteiger partial charge >= 0.3 is 0 Å². The van der Waals surface area contributed by atoms with Crippen LogP contribution in [0.25, 0.3) is 10.9 Å². The molecule has 0 aliphatic heterocycles. The van der Waals surface area contributed by atoms with Gasteiger partial charge in [-0.1, -0.05) is 73.7 Å². The monoisotopic (exact) mass is 438 g/mol. The van der Waals surface area contributed by atoms with Crippen LogP contribution in [-0.4, -0.2) is 35.6 Å². The Bertz CT molecular complexity index is 1200. The Labute approximate surface area is 197 Å². The maximum absolute atomic E-state index is 12.5. The van der Waals surface area contributed by atoms with Crippen LogP contribution in [0.15, 0.2) is 84.9 Å². The quantitative estimate of drug-likeness (QED) is 0.362. The van der Waals surface area contributed by atoms with Crippen LogP contribution in [0.3, 0.4) is 0 Å². The minimum absolute atomic E-state index is 0.211. The summed E-state index contributed by atoms with van der Waals surface area (Å²) < 4.78 is 0. The number of nitrogens with zero attached hydrogens (tertiary/aromatic N) is 2. The minimum atomic E-state index is -1.06. The Balaban J connectivity index is 1.93. The third kappa shape index (κ3) is 4.85. The maximum Gasteiger partial charge on any atom is 0.102 e. The first kappa shape index (κ1) is 23.2. The Morgan fingerprint density at radius 2 is 1.55 bits per heavy atom. The van der Waals surface area contributed by atoms with Gasteiger partial charge in [0.15, 0.2) is 0 Å². The van der Waals surface area contributed by atoms with Gasteiger partial charge in [0.2, 0.25) is 0 Å². The third-order valence-electron chi connectivity index (χ3n) is 6.67. The highest BCUT2D eigenvalue weighted by atomic mass is 16.3. The van der Waals surface area contributed by atoms with Crippen molar-refractivity contribution in [1.29, 1.82) is 0 Å². The molecular formula is C30H34N2O. The highest BCUT2D eigenvalue weighted by Crippen LogP contribution is 2.44. The van der Waals surface area contributed by atoms with Crippen molar-refractivity contribution in [2.45, 2.75) is 38.2 Å². The fourth-order valence-electron chi connectivity index (χ4n) is 4.84. The number of pyridine rings is 1. The summed E-state index contributed by atoms with van der Waals surface area (Å²) in [5.74, 6) is -0.211. The number of aryl methyl sites for hydroxylation is 2. The van der Waals surface area contributed by atoms with Crippen LogP contribution in [0.2, 0.25) is 0 Å². The van der Waals surface area contributed by atoms with Crippen LogP contribution < -0.4 is 0 Å². The van der Waals surface area contributed by atoms with E-state index in [1.54, 1.807) is 0 Å². The van der Waals surface area contributed by atoms with Crippen LogP contribution in [0.5, 0.6) is 0 Å². The molecule has 1 N–H and O–H groups in total. The highest BCUT2D eigenvalue weighted by molar-refractivity contribution is 5.80. The smallest absolute Gasteiger partial charge is 0.102 e. The van der Waals surface area contributed by atoms with Crippen LogP contribution >= 0.6 is 0 Å². The summed E-state index contributed by atoms with van der Waals surface area (Å²) in [7, 11) is 4.11. The summed E-state index contributed by atoms with van der Waals surface area (Å²) in [6.45, 7) is 5.03. The number of aliphatic hydroxyl groups is 1. The second kappa shape index (κ2) is 9.86. The van der Waals surface area contributed by atoms with Crippen LogP contribution in [-0.2, 0) is 12.0 Å². The molecule has 0 spiro atoms. The van der Waals surface area contributed by atoms with Crippen molar-refractivity contribution >= 4 is 10.9 Å². The lowest BCUT2D eigenvalue weighted by atomic mass is 9.71. The first-order valence-corrected chi connectivity index (χ1v) is 11.8. The van der Waals surface area contributed by atoms with Gasteiger partial charge in [-0.15, -0.1) is 0 Å². The molecule has 0 unspecified atom stereocenters. The molecule has 0 radical (unpaired) electrons. The molecule has 1 aromatic heterocycles. The summed E-state index contributed by atoms with van der Waals surface area (Å²) in [5.41, 5.74) is 5.44. The average molecular weight is 439 g/mol. The van der Waals surface area contributed by atoms with Crippen molar-refractivity contribution in [2.75, 3.05) is 20.6 Å². The SMILES string of the molecule is CCc1cc2cc([C@H](c3ccccc3)[C@@](O)(CCN(C)C)c3ccccc3)ccc2nc1C. The van der Waals surface area contributed by atoms with E-state index in [4.69, 9.17) is 4.98 Å². The van der Waals surface area contributed by atoms with Gasteiger partial charge in [0.1, 0.15) is 5.60 Å². The Morgan fingerprint density at radius 3 is 2.18 bits per heavy atom. The Morgan fingerprint density at radius 1 is 0.879 bits per heavy atom. The molecule has 0 amide bonds. The molecule has 3 heteroatoms. The molecule has 4 aromatic rings. The molecule has 4 rings (SSSR count). The Kier molecular flexibility index (Phi) is 6.92. The van der Waals surface area contributed by atoms with Crippen LogP contribution in [0, 0.1) is 6.92 Å². The summed E-state index contributed by atoms with van der Waals surface area (Å²) in [4.78, 5) is 6.97. The van der Waals surface area contributed by atoms with E-state index in [0.717, 1.165) is 46.3 Å². The van der Waals surface area contributed by atoms with E-state index in [-0.39, 0.29) is 5.92 Å². The second-order valence-electron chi connectivity index (χ2n) is 9.23. The first-order chi connectivity index (χ1) is 15.9. The van der Waals surface area contributed by atoms with E-state index >= 15 is 0 Å². The largest absolute Gasteiger partial charge is 0.384 e.